The van der Waals surface area contributed by atoms with Gasteiger partial charge in [-0.3, -0.25) is 0 Å². The van der Waals surface area contributed by atoms with Crippen molar-refractivity contribution in [1.29, 1.82) is 0 Å². The van der Waals surface area contributed by atoms with Gasteiger partial charge in [-0.15, -0.1) is 11.3 Å². The molecule has 1 N–H and O–H groups in total. The first-order chi connectivity index (χ1) is 6.24. The van der Waals surface area contributed by atoms with E-state index in [1.54, 1.807) is 0 Å². The lowest BCUT2D eigenvalue weighted by molar-refractivity contribution is 0.0702. The average Bonchev–Trinajstić information content (AvgIpc) is 2.53. The fraction of sp³-hybridized carbons (Fsp3) is 0.500. The Labute approximate surface area is 80.2 Å². The highest BCUT2D eigenvalue weighted by atomic mass is 32.1. The van der Waals surface area contributed by atoms with Gasteiger partial charge in [0.15, 0.2) is 0 Å². The van der Waals surface area contributed by atoms with E-state index in [4.69, 9.17) is 9.84 Å². The van der Waals surface area contributed by atoms with E-state index in [-0.39, 0.29) is 4.88 Å². The number of aromatic carboxylic acids is 1. The smallest absolute Gasteiger partial charge is 0.347 e. The van der Waals surface area contributed by atoms with Crippen LogP contribution in [0.3, 0.4) is 0 Å². The molecule has 72 valence electrons. The number of carboxylic acid groups (broad SMARTS) is 1. The topological polar surface area (TPSA) is 59.4 Å². The summed E-state index contributed by atoms with van der Waals surface area (Å²) in [6.45, 7) is 3.11. The molecule has 0 aliphatic heterocycles. The fourth-order valence-electron chi connectivity index (χ4n) is 0.780. The van der Waals surface area contributed by atoms with E-state index in [1.165, 1.54) is 6.20 Å². The van der Waals surface area contributed by atoms with Gasteiger partial charge in [-0.05, 0) is 6.42 Å². The van der Waals surface area contributed by atoms with E-state index in [0.717, 1.165) is 17.8 Å². The lowest BCUT2D eigenvalue weighted by Crippen LogP contribution is -1.92. The largest absolute Gasteiger partial charge is 0.477 e. The molecule has 4 nitrogen and oxygen atoms in total. The third-order valence-corrected chi connectivity index (χ3v) is 2.30. The Morgan fingerprint density at radius 2 is 2.54 bits per heavy atom. The lowest BCUT2D eigenvalue weighted by atomic mass is 10.5. The van der Waals surface area contributed by atoms with Crippen molar-refractivity contribution in [2.24, 2.45) is 0 Å². The number of hydrogen-bond donors (Lipinski definition) is 1. The van der Waals surface area contributed by atoms with Crippen molar-refractivity contribution in [2.75, 3.05) is 6.61 Å². The van der Waals surface area contributed by atoms with E-state index >= 15 is 0 Å². The zero-order valence-corrected chi connectivity index (χ0v) is 8.13. The van der Waals surface area contributed by atoms with Crippen LogP contribution in [0.25, 0.3) is 0 Å². The van der Waals surface area contributed by atoms with Crippen LogP contribution in [0.15, 0.2) is 6.20 Å². The van der Waals surface area contributed by atoms with E-state index in [0.29, 0.717) is 18.2 Å². The Morgan fingerprint density at radius 1 is 1.77 bits per heavy atom. The highest BCUT2D eigenvalue weighted by molar-refractivity contribution is 7.13. The number of carbonyl (C=O) groups is 1. The zero-order chi connectivity index (χ0) is 9.68. The minimum absolute atomic E-state index is 0.259. The third-order valence-electron chi connectivity index (χ3n) is 1.34. The van der Waals surface area contributed by atoms with Gasteiger partial charge < -0.3 is 9.84 Å². The molecule has 1 aromatic rings. The van der Waals surface area contributed by atoms with Gasteiger partial charge in [0.2, 0.25) is 0 Å². The maximum absolute atomic E-state index is 10.5. The SMILES string of the molecule is CCCOCc1ncc(C(=O)O)s1. The predicted octanol–water partition coefficient (Wildman–Crippen LogP) is 1.77. The van der Waals surface area contributed by atoms with E-state index in [9.17, 15) is 4.79 Å². The second kappa shape index (κ2) is 4.94. The van der Waals surface area contributed by atoms with Gasteiger partial charge >= 0.3 is 5.97 Å². The Balaban J connectivity index is 2.44. The minimum atomic E-state index is -0.931. The van der Waals surface area contributed by atoms with Crippen LogP contribution < -0.4 is 0 Å². The number of aromatic nitrogens is 1. The molecule has 5 heteroatoms. The van der Waals surface area contributed by atoms with E-state index in [1.807, 2.05) is 6.92 Å². The molecule has 0 bridgehead atoms. The summed E-state index contributed by atoms with van der Waals surface area (Å²) in [5.74, 6) is -0.931. The predicted molar refractivity (Wildman–Crippen MR) is 49.0 cm³/mol. The van der Waals surface area contributed by atoms with Crippen molar-refractivity contribution in [2.45, 2.75) is 20.0 Å². The first-order valence-corrected chi connectivity index (χ1v) is 4.81. The molecule has 0 atom stereocenters. The van der Waals surface area contributed by atoms with Crippen LogP contribution >= 0.6 is 11.3 Å². The van der Waals surface area contributed by atoms with Crippen molar-refractivity contribution in [1.82, 2.24) is 4.98 Å². The van der Waals surface area contributed by atoms with Gasteiger partial charge in [0, 0.05) is 6.61 Å². The van der Waals surface area contributed by atoms with E-state index < -0.39 is 5.97 Å². The Kier molecular flexibility index (Phi) is 3.85. The highest BCUT2D eigenvalue weighted by Crippen LogP contribution is 2.13. The standard InChI is InChI=1S/C8H11NO3S/c1-2-3-12-5-7-9-4-6(13-7)8(10)11/h4H,2-3,5H2,1H3,(H,10,11). The quantitative estimate of drug-likeness (QED) is 0.737. The van der Waals surface area contributed by atoms with Crippen molar-refractivity contribution >= 4 is 17.3 Å². The molecule has 0 saturated heterocycles. The fourth-order valence-corrected chi connectivity index (χ4v) is 1.47. The average molecular weight is 201 g/mol. The molecule has 1 heterocycles. The number of nitrogens with zero attached hydrogens (tertiary/aromatic N) is 1. The van der Waals surface area contributed by atoms with Crippen LogP contribution in [0.5, 0.6) is 0 Å². The van der Waals surface area contributed by atoms with Crippen LogP contribution in [0.4, 0.5) is 0 Å². The third kappa shape index (κ3) is 3.12. The number of hydrogen-bond acceptors (Lipinski definition) is 4. The van der Waals surface area contributed by atoms with Crippen molar-refractivity contribution in [3.05, 3.63) is 16.1 Å². The maximum Gasteiger partial charge on any atom is 0.347 e. The lowest BCUT2D eigenvalue weighted by Gasteiger charge is -1.96. The molecule has 0 aliphatic carbocycles. The Morgan fingerprint density at radius 3 is 3.08 bits per heavy atom. The first-order valence-electron chi connectivity index (χ1n) is 3.99. The summed E-state index contributed by atoms with van der Waals surface area (Å²) in [5, 5.41) is 9.31. The van der Waals surface area contributed by atoms with Crippen LogP contribution in [0.1, 0.15) is 28.0 Å². The van der Waals surface area contributed by atoms with Crippen molar-refractivity contribution < 1.29 is 14.6 Å². The molecular formula is C8H11NO3S. The maximum atomic E-state index is 10.5. The number of thiazole rings is 1. The van der Waals surface area contributed by atoms with Gasteiger partial charge in [-0.1, -0.05) is 6.92 Å². The summed E-state index contributed by atoms with van der Waals surface area (Å²) in [6, 6.07) is 0. The molecule has 1 rings (SSSR count). The monoisotopic (exact) mass is 201 g/mol. The second-order valence-electron chi connectivity index (χ2n) is 2.48. The van der Waals surface area contributed by atoms with Crippen LogP contribution in [-0.2, 0) is 11.3 Å². The summed E-state index contributed by atoms with van der Waals surface area (Å²) in [4.78, 5) is 14.7. The molecule has 0 aliphatic rings. The normalized spacial score (nSPS) is 10.2. The number of rotatable bonds is 5. The molecule has 0 radical (unpaired) electrons. The molecule has 0 saturated carbocycles. The molecule has 0 aromatic carbocycles. The molecule has 0 unspecified atom stereocenters. The van der Waals surface area contributed by atoms with Gasteiger partial charge in [-0.2, -0.15) is 0 Å². The van der Waals surface area contributed by atoms with Crippen LogP contribution in [0.2, 0.25) is 0 Å². The number of ether oxygens (including phenoxy) is 1. The molecule has 1 aromatic heterocycles. The van der Waals surface area contributed by atoms with Crippen LogP contribution in [0, 0.1) is 0 Å². The van der Waals surface area contributed by atoms with Gasteiger partial charge in [0.1, 0.15) is 9.88 Å². The minimum Gasteiger partial charge on any atom is -0.477 e. The Bertz CT molecular complexity index is 285. The van der Waals surface area contributed by atoms with Gasteiger partial charge in [0.25, 0.3) is 0 Å². The Hall–Kier alpha value is -0.940. The molecule has 13 heavy (non-hydrogen) atoms. The summed E-state index contributed by atoms with van der Waals surface area (Å²) in [5.41, 5.74) is 0. The van der Waals surface area contributed by atoms with Gasteiger partial charge in [0.05, 0.1) is 12.8 Å². The molecule has 0 spiro atoms. The van der Waals surface area contributed by atoms with Crippen molar-refractivity contribution in [3.63, 3.8) is 0 Å². The van der Waals surface area contributed by atoms with Crippen LogP contribution in [-0.4, -0.2) is 22.7 Å². The summed E-state index contributed by atoms with van der Waals surface area (Å²) >= 11 is 1.16. The van der Waals surface area contributed by atoms with Crippen molar-refractivity contribution in [3.8, 4) is 0 Å². The highest BCUT2D eigenvalue weighted by Gasteiger charge is 2.07. The zero-order valence-electron chi connectivity index (χ0n) is 7.32. The van der Waals surface area contributed by atoms with E-state index in [2.05, 4.69) is 4.98 Å². The molecule has 0 fully saturated rings. The summed E-state index contributed by atoms with van der Waals surface area (Å²) in [6.07, 6.45) is 2.31. The van der Waals surface area contributed by atoms with Gasteiger partial charge in [-0.25, -0.2) is 9.78 Å². The molecule has 0 amide bonds. The summed E-state index contributed by atoms with van der Waals surface area (Å²) in [7, 11) is 0. The second-order valence-corrected chi connectivity index (χ2v) is 3.59. The molecular weight excluding hydrogens is 190 g/mol. The first kappa shape index (κ1) is 10.1. The number of carboxylic acids is 1. The summed E-state index contributed by atoms with van der Waals surface area (Å²) < 4.78 is 5.22.